The number of rotatable bonds is 6. The van der Waals surface area contributed by atoms with E-state index in [1.165, 1.54) is 0 Å². The maximum atomic E-state index is 12.7. The van der Waals surface area contributed by atoms with Gasteiger partial charge in [0, 0.05) is 12.6 Å². The molecule has 1 aromatic heterocycles. The summed E-state index contributed by atoms with van der Waals surface area (Å²) in [6, 6.07) is 9.37. The second-order valence-corrected chi connectivity index (χ2v) is 6.44. The molecular weight excluding hydrogens is 389 g/mol. The molecule has 3 unspecified atom stereocenters. The smallest absolute Gasteiger partial charge is 0.248 e. The van der Waals surface area contributed by atoms with Gasteiger partial charge < -0.3 is 16.0 Å². The van der Waals surface area contributed by atoms with Gasteiger partial charge in [0.05, 0.1) is 5.69 Å². The number of hydrogen-bond donors (Lipinski definition) is 3. The first-order chi connectivity index (χ1) is 12.2. The monoisotopic (exact) mass is 415 g/mol. The third kappa shape index (κ3) is 5.79. The molecule has 0 aliphatic carbocycles. The summed E-state index contributed by atoms with van der Waals surface area (Å²) >= 11 is 0. The summed E-state index contributed by atoms with van der Waals surface area (Å²) < 4.78 is 1.60. The number of carbonyl (C=O) groups is 1. The van der Waals surface area contributed by atoms with E-state index in [1.54, 1.807) is 4.68 Å². The molecule has 2 aromatic rings. The van der Waals surface area contributed by atoms with E-state index < -0.39 is 0 Å². The van der Waals surface area contributed by atoms with Crippen LogP contribution in [0.15, 0.2) is 30.3 Å². The Morgan fingerprint density at radius 2 is 2.07 bits per heavy atom. The molecule has 8 nitrogen and oxygen atoms in total. The molecule has 1 aliphatic rings. The number of nitrogens with zero attached hydrogens (tertiary/aromatic N) is 4. The summed E-state index contributed by atoms with van der Waals surface area (Å²) in [6.07, 6.45) is 1.71. The quantitative estimate of drug-likeness (QED) is 0.665. The highest BCUT2D eigenvalue weighted by Crippen LogP contribution is 2.14. The van der Waals surface area contributed by atoms with Crippen molar-refractivity contribution >= 4 is 36.7 Å². The van der Waals surface area contributed by atoms with Crippen LogP contribution < -0.4 is 16.0 Å². The summed E-state index contributed by atoms with van der Waals surface area (Å²) in [4.78, 5) is 12.7. The molecule has 150 valence electrons. The molecule has 3 N–H and O–H groups in total. The summed E-state index contributed by atoms with van der Waals surface area (Å²) in [5.41, 5.74) is 0.843. The number of piperidine rings is 1. The SMILES string of the molecule is CCC(Nc1nnnn1-c1ccccc1)C(=O)NC1CNCCC1C.Cl.Cl. The molecule has 0 radical (unpaired) electrons. The van der Waals surface area contributed by atoms with Crippen molar-refractivity contribution in [3.05, 3.63) is 30.3 Å². The predicted molar refractivity (Wildman–Crippen MR) is 110 cm³/mol. The molecule has 1 aromatic carbocycles. The van der Waals surface area contributed by atoms with Gasteiger partial charge in [-0.15, -0.1) is 24.8 Å². The van der Waals surface area contributed by atoms with Crippen molar-refractivity contribution in [2.24, 2.45) is 5.92 Å². The van der Waals surface area contributed by atoms with Crippen LogP contribution in [0.1, 0.15) is 26.7 Å². The molecule has 10 heteroatoms. The van der Waals surface area contributed by atoms with Gasteiger partial charge in [0.2, 0.25) is 11.9 Å². The number of nitrogens with one attached hydrogen (secondary N) is 3. The van der Waals surface area contributed by atoms with Crippen molar-refractivity contribution in [1.29, 1.82) is 0 Å². The number of benzene rings is 1. The second kappa shape index (κ2) is 11.1. The molecule has 1 saturated heterocycles. The Labute approximate surface area is 171 Å². The number of anilines is 1. The zero-order valence-electron chi connectivity index (χ0n) is 15.5. The summed E-state index contributed by atoms with van der Waals surface area (Å²) in [7, 11) is 0. The van der Waals surface area contributed by atoms with Crippen LogP contribution >= 0.6 is 24.8 Å². The second-order valence-electron chi connectivity index (χ2n) is 6.44. The van der Waals surface area contributed by atoms with Gasteiger partial charge in [-0.25, -0.2) is 0 Å². The first-order valence-corrected chi connectivity index (χ1v) is 8.80. The molecule has 27 heavy (non-hydrogen) atoms. The third-order valence-corrected chi connectivity index (χ3v) is 4.65. The maximum Gasteiger partial charge on any atom is 0.248 e. The molecule has 1 aliphatic heterocycles. The Morgan fingerprint density at radius 1 is 1.33 bits per heavy atom. The molecular formula is C17H27Cl2N7O. The van der Waals surface area contributed by atoms with Crippen molar-refractivity contribution in [2.45, 2.75) is 38.8 Å². The minimum absolute atomic E-state index is 0. The van der Waals surface area contributed by atoms with E-state index in [4.69, 9.17) is 0 Å². The van der Waals surface area contributed by atoms with Gasteiger partial charge >= 0.3 is 0 Å². The van der Waals surface area contributed by atoms with Crippen molar-refractivity contribution in [2.75, 3.05) is 18.4 Å². The number of carbonyl (C=O) groups excluding carboxylic acids is 1. The molecule has 1 amide bonds. The van der Waals surface area contributed by atoms with E-state index >= 15 is 0 Å². The van der Waals surface area contributed by atoms with E-state index in [9.17, 15) is 4.79 Å². The minimum Gasteiger partial charge on any atom is -0.350 e. The molecule has 1 fully saturated rings. The van der Waals surface area contributed by atoms with E-state index in [-0.39, 0.29) is 42.8 Å². The molecule has 2 heterocycles. The summed E-state index contributed by atoms with van der Waals surface area (Å²) in [5.74, 6) is 0.908. The minimum atomic E-state index is -0.386. The van der Waals surface area contributed by atoms with Gasteiger partial charge in [0.25, 0.3) is 0 Å². The highest BCUT2D eigenvalue weighted by molar-refractivity contribution is 5.85. The Balaban J connectivity index is 0.00000182. The largest absolute Gasteiger partial charge is 0.350 e. The number of halogens is 2. The lowest BCUT2D eigenvalue weighted by molar-refractivity contribution is -0.123. The van der Waals surface area contributed by atoms with Crippen LogP contribution in [0.5, 0.6) is 0 Å². The standard InChI is InChI=1S/C17H25N7O.2ClH/c1-3-14(16(25)19-15-11-18-10-9-12(15)2)20-17-21-22-23-24(17)13-7-5-4-6-8-13;;/h4-8,12,14-15,18H,3,9-11H2,1-2H3,(H,19,25)(H,20,21,23);2*1H. The number of para-hydroxylation sites is 1. The van der Waals surface area contributed by atoms with Gasteiger partial charge in [0.1, 0.15) is 6.04 Å². The Hall–Kier alpha value is -1.90. The van der Waals surface area contributed by atoms with Crippen LogP contribution in [0.25, 0.3) is 5.69 Å². The normalized spacial score (nSPS) is 19.9. The van der Waals surface area contributed by atoms with Gasteiger partial charge in [-0.3, -0.25) is 4.79 Å². The average molecular weight is 416 g/mol. The van der Waals surface area contributed by atoms with Gasteiger partial charge in [-0.1, -0.05) is 37.1 Å². The van der Waals surface area contributed by atoms with Crippen LogP contribution in [0.2, 0.25) is 0 Å². The van der Waals surface area contributed by atoms with E-state index in [0.717, 1.165) is 25.2 Å². The average Bonchev–Trinajstić information content (AvgIpc) is 3.10. The first-order valence-electron chi connectivity index (χ1n) is 8.80. The number of hydrogen-bond acceptors (Lipinski definition) is 6. The fourth-order valence-electron chi connectivity index (χ4n) is 3.00. The van der Waals surface area contributed by atoms with Crippen molar-refractivity contribution in [3.63, 3.8) is 0 Å². The van der Waals surface area contributed by atoms with E-state index in [0.29, 0.717) is 18.3 Å². The third-order valence-electron chi connectivity index (χ3n) is 4.65. The van der Waals surface area contributed by atoms with Crippen molar-refractivity contribution in [1.82, 2.24) is 30.8 Å². The maximum absolute atomic E-state index is 12.7. The van der Waals surface area contributed by atoms with E-state index in [1.807, 2.05) is 37.3 Å². The van der Waals surface area contributed by atoms with Gasteiger partial charge in [-0.05, 0) is 47.9 Å². The van der Waals surface area contributed by atoms with Crippen LogP contribution in [0.3, 0.4) is 0 Å². The molecule has 0 spiro atoms. The molecule has 0 saturated carbocycles. The van der Waals surface area contributed by atoms with Crippen LogP contribution in [-0.2, 0) is 4.79 Å². The number of aromatic nitrogens is 4. The zero-order valence-corrected chi connectivity index (χ0v) is 17.1. The van der Waals surface area contributed by atoms with Crippen molar-refractivity contribution in [3.8, 4) is 5.69 Å². The Morgan fingerprint density at radius 3 is 2.74 bits per heavy atom. The fraction of sp³-hybridized carbons (Fsp3) is 0.529. The Kier molecular flexibility index (Phi) is 9.48. The van der Waals surface area contributed by atoms with Crippen LogP contribution in [-0.4, -0.2) is 51.3 Å². The first kappa shape index (κ1) is 23.1. The van der Waals surface area contributed by atoms with Crippen LogP contribution in [0, 0.1) is 5.92 Å². The van der Waals surface area contributed by atoms with E-state index in [2.05, 4.69) is 38.4 Å². The molecule has 3 rings (SSSR count). The predicted octanol–water partition coefficient (Wildman–Crippen LogP) is 1.81. The highest BCUT2D eigenvalue weighted by atomic mass is 35.5. The molecule has 0 bridgehead atoms. The molecule has 3 atom stereocenters. The lowest BCUT2D eigenvalue weighted by Gasteiger charge is -2.31. The highest BCUT2D eigenvalue weighted by Gasteiger charge is 2.26. The zero-order chi connectivity index (χ0) is 17.6. The van der Waals surface area contributed by atoms with Crippen LogP contribution in [0.4, 0.5) is 5.95 Å². The van der Waals surface area contributed by atoms with Gasteiger partial charge in [0.15, 0.2) is 0 Å². The summed E-state index contributed by atoms with van der Waals surface area (Å²) in [6.45, 7) is 5.96. The number of tetrazole rings is 1. The topological polar surface area (TPSA) is 96.8 Å². The Bertz CT molecular complexity index is 698. The lowest BCUT2D eigenvalue weighted by atomic mass is 9.94. The lowest BCUT2D eigenvalue weighted by Crippen LogP contribution is -2.53. The number of amides is 1. The fourth-order valence-corrected chi connectivity index (χ4v) is 3.00. The van der Waals surface area contributed by atoms with Crippen molar-refractivity contribution < 1.29 is 4.79 Å². The van der Waals surface area contributed by atoms with Gasteiger partial charge in [-0.2, -0.15) is 4.68 Å². The summed E-state index contributed by atoms with van der Waals surface area (Å²) in [5, 5.41) is 21.4.